The summed E-state index contributed by atoms with van der Waals surface area (Å²) in [4.78, 5) is 12.1. The molecule has 0 bridgehead atoms. The standard InChI is InChI=1S/C15H16O4/c16-11-6-5-9(7-13(11)18)15-8-12(17)10-3-1-2-4-14(10)19-15/h1,3,5-6,13,15-16,18H,2,4,7-8H2. The van der Waals surface area contributed by atoms with Crippen LogP contribution in [0.1, 0.15) is 25.7 Å². The number of ether oxygens (including phenoxy) is 1. The van der Waals surface area contributed by atoms with Gasteiger partial charge in [-0.2, -0.15) is 0 Å². The first-order valence-electron chi connectivity index (χ1n) is 6.52. The van der Waals surface area contributed by atoms with E-state index in [9.17, 15) is 15.0 Å². The molecule has 1 heterocycles. The number of carbonyl (C=O) groups is 1. The molecule has 3 rings (SSSR count). The molecule has 0 aromatic rings. The van der Waals surface area contributed by atoms with Crippen molar-refractivity contribution in [1.29, 1.82) is 0 Å². The molecule has 19 heavy (non-hydrogen) atoms. The first-order valence-corrected chi connectivity index (χ1v) is 6.52. The SMILES string of the molecule is O=C1CC(C2=CC=C(O)C(O)C2)OC2=C1C=CCC2. The zero-order valence-electron chi connectivity index (χ0n) is 10.5. The van der Waals surface area contributed by atoms with Crippen LogP contribution in [-0.4, -0.2) is 28.2 Å². The normalized spacial score (nSPS) is 30.5. The lowest BCUT2D eigenvalue weighted by Gasteiger charge is -2.31. The highest BCUT2D eigenvalue weighted by Crippen LogP contribution is 2.33. The quantitative estimate of drug-likeness (QED) is 0.757. The highest BCUT2D eigenvalue weighted by Gasteiger charge is 2.32. The predicted octanol–water partition coefficient (Wildman–Crippen LogP) is 2.08. The van der Waals surface area contributed by atoms with E-state index in [1.165, 1.54) is 6.08 Å². The van der Waals surface area contributed by atoms with Crippen LogP contribution >= 0.6 is 0 Å². The van der Waals surface area contributed by atoms with Gasteiger partial charge >= 0.3 is 0 Å². The zero-order valence-corrected chi connectivity index (χ0v) is 10.5. The minimum atomic E-state index is -0.889. The minimum absolute atomic E-state index is 0.0357. The first kappa shape index (κ1) is 12.2. The molecule has 1 aliphatic heterocycles. The van der Waals surface area contributed by atoms with E-state index in [1.807, 2.05) is 12.2 Å². The van der Waals surface area contributed by atoms with Gasteiger partial charge in [-0.1, -0.05) is 18.2 Å². The summed E-state index contributed by atoms with van der Waals surface area (Å²) < 4.78 is 5.90. The summed E-state index contributed by atoms with van der Waals surface area (Å²) in [5.74, 6) is 0.820. The number of rotatable bonds is 1. The molecule has 0 saturated heterocycles. The van der Waals surface area contributed by atoms with Crippen molar-refractivity contribution in [2.75, 3.05) is 0 Å². The third-order valence-corrected chi connectivity index (χ3v) is 3.73. The number of aliphatic hydroxyl groups excluding tert-OH is 2. The lowest BCUT2D eigenvalue weighted by Crippen LogP contribution is -2.30. The fraction of sp³-hybridized carbons (Fsp3) is 0.400. The summed E-state index contributed by atoms with van der Waals surface area (Å²) in [5.41, 5.74) is 1.55. The lowest BCUT2D eigenvalue weighted by molar-refractivity contribution is -0.119. The second-order valence-corrected chi connectivity index (χ2v) is 5.06. The molecule has 3 aliphatic rings. The molecule has 0 fully saturated rings. The lowest BCUT2D eigenvalue weighted by atomic mass is 9.88. The third kappa shape index (κ3) is 2.24. The molecular formula is C15H16O4. The average molecular weight is 260 g/mol. The van der Waals surface area contributed by atoms with Crippen molar-refractivity contribution in [3.63, 3.8) is 0 Å². The Morgan fingerprint density at radius 3 is 2.89 bits per heavy atom. The highest BCUT2D eigenvalue weighted by atomic mass is 16.5. The van der Waals surface area contributed by atoms with E-state index >= 15 is 0 Å². The molecule has 0 radical (unpaired) electrons. The van der Waals surface area contributed by atoms with Crippen LogP contribution in [0.25, 0.3) is 0 Å². The van der Waals surface area contributed by atoms with E-state index in [-0.39, 0.29) is 17.6 Å². The summed E-state index contributed by atoms with van der Waals surface area (Å²) in [6, 6.07) is 0. The van der Waals surface area contributed by atoms with Gasteiger partial charge in [-0.05, 0) is 18.1 Å². The zero-order chi connectivity index (χ0) is 13.4. The topological polar surface area (TPSA) is 66.8 Å². The number of carbonyl (C=O) groups excluding carboxylic acids is 1. The van der Waals surface area contributed by atoms with Gasteiger partial charge in [0.25, 0.3) is 0 Å². The Labute approximate surface area is 111 Å². The molecule has 4 heteroatoms. The van der Waals surface area contributed by atoms with E-state index in [0.717, 1.165) is 24.2 Å². The summed E-state index contributed by atoms with van der Waals surface area (Å²) in [5, 5.41) is 19.0. The van der Waals surface area contributed by atoms with Gasteiger partial charge in [0.15, 0.2) is 5.78 Å². The largest absolute Gasteiger partial charge is 0.510 e. The summed E-state index contributed by atoms with van der Waals surface area (Å²) in [7, 11) is 0. The van der Waals surface area contributed by atoms with Crippen LogP contribution in [0.3, 0.4) is 0 Å². The number of Topliss-reactive ketones (excluding diaryl/α,β-unsaturated/α-hetero) is 1. The van der Waals surface area contributed by atoms with Gasteiger partial charge in [0, 0.05) is 12.8 Å². The van der Waals surface area contributed by atoms with E-state index in [1.54, 1.807) is 6.08 Å². The van der Waals surface area contributed by atoms with Crippen LogP contribution < -0.4 is 0 Å². The Bertz CT molecular complexity index is 536. The predicted molar refractivity (Wildman–Crippen MR) is 69.3 cm³/mol. The molecule has 0 aromatic heterocycles. The number of ketones is 1. The average Bonchev–Trinajstić information content (AvgIpc) is 2.42. The van der Waals surface area contributed by atoms with Crippen LogP contribution in [-0.2, 0) is 9.53 Å². The van der Waals surface area contributed by atoms with Gasteiger partial charge in [-0.3, -0.25) is 4.79 Å². The number of hydrogen-bond acceptors (Lipinski definition) is 4. The van der Waals surface area contributed by atoms with Gasteiger partial charge in [-0.15, -0.1) is 0 Å². The van der Waals surface area contributed by atoms with Gasteiger partial charge in [-0.25, -0.2) is 0 Å². The van der Waals surface area contributed by atoms with Crippen molar-refractivity contribution >= 4 is 5.78 Å². The molecule has 4 nitrogen and oxygen atoms in total. The second kappa shape index (κ2) is 4.70. The maximum Gasteiger partial charge on any atom is 0.170 e. The van der Waals surface area contributed by atoms with Gasteiger partial charge < -0.3 is 14.9 Å². The van der Waals surface area contributed by atoms with E-state index in [2.05, 4.69) is 0 Å². The molecular weight excluding hydrogens is 244 g/mol. The van der Waals surface area contributed by atoms with Crippen molar-refractivity contribution in [2.45, 2.75) is 37.9 Å². The van der Waals surface area contributed by atoms with Gasteiger partial charge in [0.2, 0.25) is 0 Å². The molecule has 0 spiro atoms. The van der Waals surface area contributed by atoms with E-state index in [4.69, 9.17) is 4.74 Å². The molecule has 0 saturated carbocycles. The maximum atomic E-state index is 12.1. The smallest absolute Gasteiger partial charge is 0.170 e. The van der Waals surface area contributed by atoms with Crippen LogP contribution in [0, 0.1) is 0 Å². The van der Waals surface area contributed by atoms with Crippen LogP contribution in [0.2, 0.25) is 0 Å². The molecule has 2 unspecified atom stereocenters. The Hall–Kier alpha value is -1.81. The maximum absolute atomic E-state index is 12.1. The van der Waals surface area contributed by atoms with Gasteiger partial charge in [0.1, 0.15) is 23.7 Å². The fourth-order valence-corrected chi connectivity index (χ4v) is 2.65. The molecule has 100 valence electrons. The van der Waals surface area contributed by atoms with Crippen molar-refractivity contribution in [1.82, 2.24) is 0 Å². The Balaban J connectivity index is 1.84. The Morgan fingerprint density at radius 1 is 1.26 bits per heavy atom. The van der Waals surface area contributed by atoms with E-state index in [0.29, 0.717) is 18.4 Å². The van der Waals surface area contributed by atoms with Crippen molar-refractivity contribution in [3.8, 4) is 0 Å². The third-order valence-electron chi connectivity index (χ3n) is 3.73. The Kier molecular flexibility index (Phi) is 3.03. The van der Waals surface area contributed by atoms with Crippen LogP contribution in [0.15, 0.2) is 47.0 Å². The molecule has 2 atom stereocenters. The molecule has 2 aliphatic carbocycles. The monoisotopic (exact) mass is 260 g/mol. The fourth-order valence-electron chi connectivity index (χ4n) is 2.65. The van der Waals surface area contributed by atoms with Crippen molar-refractivity contribution in [2.24, 2.45) is 0 Å². The minimum Gasteiger partial charge on any atom is -0.510 e. The molecule has 0 amide bonds. The van der Waals surface area contributed by atoms with Crippen LogP contribution in [0.5, 0.6) is 0 Å². The Morgan fingerprint density at radius 2 is 2.11 bits per heavy atom. The summed E-state index contributed by atoms with van der Waals surface area (Å²) in [6.45, 7) is 0. The second-order valence-electron chi connectivity index (χ2n) is 5.06. The molecule has 0 aromatic carbocycles. The number of hydrogen-bond donors (Lipinski definition) is 2. The number of allylic oxidation sites excluding steroid dienone is 6. The van der Waals surface area contributed by atoms with E-state index < -0.39 is 6.10 Å². The highest BCUT2D eigenvalue weighted by molar-refractivity contribution is 5.99. The number of aliphatic hydroxyl groups is 2. The molecule has 2 N–H and O–H groups in total. The first-order chi connectivity index (χ1) is 9.15. The van der Waals surface area contributed by atoms with Crippen LogP contribution in [0.4, 0.5) is 0 Å². The summed E-state index contributed by atoms with van der Waals surface area (Å²) >= 11 is 0. The van der Waals surface area contributed by atoms with Crippen molar-refractivity contribution in [3.05, 3.63) is 47.0 Å². The van der Waals surface area contributed by atoms with Gasteiger partial charge in [0.05, 0.1) is 12.0 Å². The summed E-state index contributed by atoms with van der Waals surface area (Å²) in [6.07, 6.45) is 8.11. The van der Waals surface area contributed by atoms with Crippen molar-refractivity contribution < 1.29 is 19.7 Å².